The molecule has 1 saturated carbocycles. The van der Waals surface area contributed by atoms with Crippen molar-refractivity contribution in [1.29, 1.82) is 0 Å². The molecule has 124 valence electrons. The smallest absolute Gasteiger partial charge is 0.343 e. The maximum absolute atomic E-state index is 11.6. The fourth-order valence-corrected chi connectivity index (χ4v) is 1.94. The van der Waals surface area contributed by atoms with E-state index >= 15 is 0 Å². The van der Waals surface area contributed by atoms with Crippen LogP contribution >= 0.6 is 0 Å². The molecular formula is C16H20N2O5. The lowest BCUT2D eigenvalue weighted by Gasteiger charge is -2.13. The van der Waals surface area contributed by atoms with Gasteiger partial charge in [0.1, 0.15) is 13.0 Å². The predicted molar refractivity (Wildman–Crippen MR) is 82.1 cm³/mol. The number of carbonyl (C=O) groups is 3. The second-order valence-corrected chi connectivity index (χ2v) is 5.48. The number of ether oxygens (including phenoxy) is 1. The molecule has 0 heterocycles. The highest BCUT2D eigenvalue weighted by atomic mass is 16.7. The van der Waals surface area contributed by atoms with Gasteiger partial charge in [0.05, 0.1) is 0 Å². The van der Waals surface area contributed by atoms with Crippen LogP contribution in [0.5, 0.6) is 0 Å². The number of hydrogen-bond donors (Lipinski definition) is 2. The van der Waals surface area contributed by atoms with Crippen LogP contribution < -0.4 is 10.8 Å². The lowest BCUT2D eigenvalue weighted by molar-refractivity contribution is -0.163. The molecule has 7 nitrogen and oxygen atoms in total. The van der Waals surface area contributed by atoms with Gasteiger partial charge in [-0.05, 0) is 37.0 Å². The average molecular weight is 320 g/mol. The van der Waals surface area contributed by atoms with Gasteiger partial charge >= 0.3 is 11.9 Å². The number of amides is 1. The number of esters is 1. The number of anilines is 1. The van der Waals surface area contributed by atoms with Crippen molar-refractivity contribution >= 4 is 23.5 Å². The Morgan fingerprint density at radius 2 is 1.96 bits per heavy atom. The molecule has 23 heavy (non-hydrogen) atoms. The number of hydrogen-bond acceptors (Lipinski definition) is 6. The second-order valence-electron chi connectivity index (χ2n) is 5.48. The summed E-state index contributed by atoms with van der Waals surface area (Å²) in [6, 6.07) is 6.29. The largest absolute Gasteiger partial charge is 0.460 e. The Hall–Kier alpha value is -2.57. The van der Waals surface area contributed by atoms with Gasteiger partial charge in [0.25, 0.3) is 0 Å². The van der Waals surface area contributed by atoms with Crippen molar-refractivity contribution in [1.82, 2.24) is 5.48 Å². The van der Waals surface area contributed by atoms with Crippen molar-refractivity contribution in [2.75, 3.05) is 5.32 Å². The highest BCUT2D eigenvalue weighted by Crippen LogP contribution is 2.28. The first kappa shape index (κ1) is 16.8. The van der Waals surface area contributed by atoms with E-state index in [2.05, 4.69) is 10.2 Å². The van der Waals surface area contributed by atoms with Gasteiger partial charge in [0.15, 0.2) is 0 Å². The predicted octanol–water partition coefficient (Wildman–Crippen LogP) is 1.60. The molecule has 1 aromatic carbocycles. The van der Waals surface area contributed by atoms with Crippen LogP contribution in [0.1, 0.15) is 37.3 Å². The second kappa shape index (κ2) is 7.62. The molecule has 0 spiro atoms. The van der Waals surface area contributed by atoms with E-state index < -0.39 is 24.3 Å². The zero-order valence-corrected chi connectivity index (χ0v) is 13.2. The molecule has 2 rings (SSSR count). The maximum atomic E-state index is 11.6. The van der Waals surface area contributed by atoms with Gasteiger partial charge in [-0.25, -0.2) is 4.79 Å². The number of hydroxylamine groups is 1. The van der Waals surface area contributed by atoms with Crippen LogP contribution in [-0.2, 0) is 30.6 Å². The SMILES string of the molecule is CC(=O)NOC(=O)CC(=O)OCc1cccc(NC2CC2)c1C. The first-order chi connectivity index (χ1) is 11.0. The molecule has 0 saturated heterocycles. The molecular weight excluding hydrogens is 300 g/mol. The van der Waals surface area contributed by atoms with Crippen molar-refractivity contribution < 1.29 is 24.0 Å². The molecule has 1 fully saturated rings. The van der Waals surface area contributed by atoms with Gasteiger partial charge < -0.3 is 14.9 Å². The summed E-state index contributed by atoms with van der Waals surface area (Å²) in [5.74, 6) is -2.10. The molecule has 0 aromatic heterocycles. The van der Waals surface area contributed by atoms with Gasteiger partial charge in [-0.2, -0.15) is 5.48 Å². The maximum Gasteiger partial charge on any atom is 0.343 e. The van der Waals surface area contributed by atoms with E-state index in [1.165, 1.54) is 19.8 Å². The Labute approximate surface area is 134 Å². The molecule has 0 atom stereocenters. The van der Waals surface area contributed by atoms with Crippen molar-refractivity contribution in [2.24, 2.45) is 0 Å². The first-order valence-electron chi connectivity index (χ1n) is 7.42. The lowest BCUT2D eigenvalue weighted by Crippen LogP contribution is -2.26. The summed E-state index contributed by atoms with van der Waals surface area (Å²) < 4.78 is 5.08. The van der Waals surface area contributed by atoms with Crippen LogP contribution in [0.3, 0.4) is 0 Å². The third-order valence-electron chi connectivity index (χ3n) is 3.37. The van der Waals surface area contributed by atoms with Crippen LogP contribution in [0.4, 0.5) is 5.69 Å². The van der Waals surface area contributed by atoms with E-state index in [-0.39, 0.29) is 6.61 Å². The summed E-state index contributed by atoms with van der Waals surface area (Å²) in [6.45, 7) is 3.23. The molecule has 0 radical (unpaired) electrons. The van der Waals surface area contributed by atoms with Crippen LogP contribution in [0, 0.1) is 6.92 Å². The summed E-state index contributed by atoms with van der Waals surface area (Å²) in [4.78, 5) is 37.8. The molecule has 2 N–H and O–H groups in total. The minimum atomic E-state index is -0.869. The minimum absolute atomic E-state index is 0.0816. The molecule has 0 bridgehead atoms. The number of carbonyl (C=O) groups excluding carboxylic acids is 3. The van der Waals surface area contributed by atoms with Crippen molar-refractivity contribution in [3.05, 3.63) is 29.3 Å². The average Bonchev–Trinajstić information content (AvgIpc) is 3.30. The van der Waals surface area contributed by atoms with Crippen molar-refractivity contribution in [2.45, 2.75) is 45.8 Å². The third-order valence-corrected chi connectivity index (χ3v) is 3.37. The topological polar surface area (TPSA) is 93.7 Å². The van der Waals surface area contributed by atoms with Crippen LogP contribution in [-0.4, -0.2) is 23.9 Å². The lowest BCUT2D eigenvalue weighted by atomic mass is 10.1. The Bertz CT molecular complexity index is 610. The zero-order chi connectivity index (χ0) is 16.8. The van der Waals surface area contributed by atoms with Crippen LogP contribution in [0.2, 0.25) is 0 Å². The Kier molecular flexibility index (Phi) is 5.56. The number of benzene rings is 1. The molecule has 1 aromatic rings. The van der Waals surface area contributed by atoms with Gasteiger partial charge in [-0.1, -0.05) is 12.1 Å². The van der Waals surface area contributed by atoms with E-state index in [9.17, 15) is 14.4 Å². The Balaban J connectivity index is 1.81. The fraction of sp³-hybridized carbons (Fsp3) is 0.438. The standard InChI is InChI=1S/C16H20N2O5/c1-10-12(4-3-5-14(10)17-13-6-7-13)9-22-15(20)8-16(21)23-18-11(2)19/h3-5,13,17H,6-9H2,1-2H3,(H,18,19). The monoisotopic (exact) mass is 320 g/mol. The Morgan fingerprint density at radius 1 is 1.22 bits per heavy atom. The van der Waals surface area contributed by atoms with Gasteiger partial charge in [0, 0.05) is 18.7 Å². The quantitative estimate of drug-likeness (QED) is 0.470. The summed E-state index contributed by atoms with van der Waals surface area (Å²) in [7, 11) is 0. The molecule has 1 aliphatic carbocycles. The number of rotatable bonds is 6. The van der Waals surface area contributed by atoms with Crippen LogP contribution in [0.25, 0.3) is 0 Å². The summed E-state index contributed by atoms with van der Waals surface area (Å²) in [5, 5.41) is 3.42. The van der Waals surface area contributed by atoms with Crippen molar-refractivity contribution in [3.8, 4) is 0 Å². The van der Waals surface area contributed by atoms with E-state index in [0.717, 1.165) is 16.8 Å². The van der Waals surface area contributed by atoms with E-state index in [1.807, 2.05) is 30.6 Å². The normalized spacial score (nSPS) is 13.1. The first-order valence-corrected chi connectivity index (χ1v) is 7.42. The van der Waals surface area contributed by atoms with Gasteiger partial charge in [-0.15, -0.1) is 0 Å². The molecule has 7 heteroatoms. The van der Waals surface area contributed by atoms with Crippen LogP contribution in [0.15, 0.2) is 18.2 Å². The highest BCUT2D eigenvalue weighted by molar-refractivity contribution is 5.91. The number of nitrogens with one attached hydrogen (secondary N) is 2. The summed E-state index contributed by atoms with van der Waals surface area (Å²) >= 11 is 0. The van der Waals surface area contributed by atoms with Crippen molar-refractivity contribution in [3.63, 3.8) is 0 Å². The zero-order valence-electron chi connectivity index (χ0n) is 13.2. The summed E-state index contributed by atoms with van der Waals surface area (Å²) in [6.07, 6.45) is 1.80. The molecule has 1 aliphatic rings. The van der Waals surface area contributed by atoms with Gasteiger partial charge in [-0.3, -0.25) is 9.59 Å². The summed E-state index contributed by atoms with van der Waals surface area (Å²) in [5.41, 5.74) is 4.79. The molecule has 0 unspecified atom stereocenters. The minimum Gasteiger partial charge on any atom is -0.460 e. The fourth-order valence-electron chi connectivity index (χ4n) is 1.94. The van der Waals surface area contributed by atoms with E-state index in [4.69, 9.17) is 4.74 Å². The van der Waals surface area contributed by atoms with E-state index in [1.54, 1.807) is 0 Å². The molecule has 0 aliphatic heterocycles. The Morgan fingerprint density at radius 3 is 2.61 bits per heavy atom. The highest BCUT2D eigenvalue weighted by Gasteiger charge is 2.22. The third kappa shape index (κ3) is 5.61. The van der Waals surface area contributed by atoms with E-state index in [0.29, 0.717) is 6.04 Å². The molecule has 1 amide bonds. The van der Waals surface area contributed by atoms with Gasteiger partial charge in [0.2, 0.25) is 5.91 Å².